The van der Waals surface area contributed by atoms with E-state index >= 15 is 0 Å². The van der Waals surface area contributed by atoms with E-state index in [4.69, 9.17) is 0 Å². The summed E-state index contributed by atoms with van der Waals surface area (Å²) in [5.74, 6) is -3.29. The zero-order valence-electron chi connectivity index (χ0n) is 10.5. The van der Waals surface area contributed by atoms with Crippen molar-refractivity contribution in [3.8, 4) is 0 Å². The van der Waals surface area contributed by atoms with Crippen molar-refractivity contribution in [2.75, 3.05) is 19.5 Å². The van der Waals surface area contributed by atoms with Crippen LogP contribution in [0.25, 0.3) is 0 Å². The fourth-order valence-corrected chi connectivity index (χ4v) is 1.53. The molecule has 0 spiro atoms. The number of carbonyl (C=O) groups excluding carboxylic acids is 2. The molecular weight excluding hydrogens is 387 g/mol. The molecule has 0 saturated carbocycles. The summed E-state index contributed by atoms with van der Waals surface area (Å²) >= 11 is 1.51. The predicted molar refractivity (Wildman–Crippen MR) is 74.8 cm³/mol. The van der Waals surface area contributed by atoms with Crippen LogP contribution >= 0.6 is 22.6 Å². The molecule has 0 aromatic heterocycles. The van der Waals surface area contributed by atoms with Crippen molar-refractivity contribution < 1.29 is 27.8 Å². The minimum Gasteiger partial charge on any atom is -0.466 e. The minimum absolute atomic E-state index is 0.0408. The van der Waals surface area contributed by atoms with Crippen LogP contribution in [0.15, 0.2) is 23.9 Å². The maximum atomic E-state index is 13.4. The summed E-state index contributed by atoms with van der Waals surface area (Å²) in [7, 11) is 2.22. The lowest BCUT2D eigenvalue weighted by Gasteiger charge is -2.10. The van der Waals surface area contributed by atoms with E-state index in [2.05, 4.69) is 14.8 Å². The highest BCUT2D eigenvalue weighted by Gasteiger charge is 2.15. The summed E-state index contributed by atoms with van der Waals surface area (Å²) in [6.45, 7) is 0. The lowest BCUT2D eigenvalue weighted by molar-refractivity contribution is -0.138. The molecule has 20 heavy (non-hydrogen) atoms. The molecule has 0 unspecified atom stereocenters. The van der Waals surface area contributed by atoms with Crippen LogP contribution in [-0.2, 0) is 19.1 Å². The van der Waals surface area contributed by atoms with Gasteiger partial charge in [0.15, 0.2) is 0 Å². The molecule has 0 atom stereocenters. The van der Waals surface area contributed by atoms with Gasteiger partial charge in [-0.2, -0.15) is 0 Å². The Labute approximate surface area is 127 Å². The van der Waals surface area contributed by atoms with Crippen LogP contribution in [0.3, 0.4) is 0 Å². The molecule has 1 aromatic rings. The summed E-state index contributed by atoms with van der Waals surface area (Å²) in [5.41, 5.74) is -0.347. The van der Waals surface area contributed by atoms with Crippen LogP contribution in [0, 0.1) is 15.2 Å². The van der Waals surface area contributed by atoms with E-state index in [9.17, 15) is 18.4 Å². The Balaban J connectivity index is 3.10. The van der Waals surface area contributed by atoms with E-state index < -0.39 is 23.6 Å². The molecule has 8 heteroatoms. The largest absolute Gasteiger partial charge is 0.466 e. The first-order valence-electron chi connectivity index (χ1n) is 5.18. The van der Waals surface area contributed by atoms with E-state index in [1.54, 1.807) is 0 Å². The monoisotopic (exact) mass is 397 g/mol. The number of carbonyl (C=O) groups is 2. The smallest absolute Gasteiger partial charge is 0.354 e. The quantitative estimate of drug-likeness (QED) is 0.366. The van der Waals surface area contributed by atoms with Crippen molar-refractivity contribution in [1.82, 2.24) is 0 Å². The van der Waals surface area contributed by atoms with Gasteiger partial charge in [0.05, 0.1) is 23.9 Å². The number of methoxy groups -OCH3 is 2. The molecule has 108 valence electrons. The summed E-state index contributed by atoms with van der Waals surface area (Å²) < 4.78 is 35.4. The third-order valence-corrected chi connectivity index (χ3v) is 3.16. The summed E-state index contributed by atoms with van der Waals surface area (Å²) in [4.78, 5) is 22.6. The second kappa shape index (κ2) is 7.17. The molecule has 5 nitrogen and oxygen atoms in total. The Bertz CT molecular complexity index is 552. The Morgan fingerprint density at radius 3 is 2.20 bits per heavy atom. The van der Waals surface area contributed by atoms with Crippen molar-refractivity contribution in [3.05, 3.63) is 39.1 Å². The van der Waals surface area contributed by atoms with Crippen molar-refractivity contribution in [1.29, 1.82) is 0 Å². The first-order valence-corrected chi connectivity index (χ1v) is 6.26. The number of anilines is 1. The maximum absolute atomic E-state index is 13.4. The zero-order valence-corrected chi connectivity index (χ0v) is 12.7. The summed E-state index contributed by atoms with van der Waals surface area (Å²) in [5, 5.41) is 2.41. The fourth-order valence-electron chi connectivity index (χ4n) is 1.22. The van der Waals surface area contributed by atoms with Crippen molar-refractivity contribution in [2.24, 2.45) is 0 Å². The average Bonchev–Trinajstić information content (AvgIpc) is 2.42. The molecule has 0 fully saturated rings. The number of esters is 2. The average molecular weight is 397 g/mol. The second-order valence-electron chi connectivity index (χ2n) is 3.45. The lowest BCUT2D eigenvalue weighted by atomic mass is 10.2. The molecule has 0 saturated heterocycles. The number of hydrogen-bond donors (Lipinski definition) is 1. The molecule has 0 bridgehead atoms. The fraction of sp³-hybridized carbons (Fsp3) is 0.167. The summed E-state index contributed by atoms with van der Waals surface area (Å²) in [6.07, 6.45) is 0.819. The van der Waals surface area contributed by atoms with Gasteiger partial charge in [-0.3, -0.25) is 0 Å². The van der Waals surface area contributed by atoms with Crippen LogP contribution < -0.4 is 5.32 Å². The highest BCUT2D eigenvalue weighted by molar-refractivity contribution is 14.1. The lowest BCUT2D eigenvalue weighted by Crippen LogP contribution is -2.15. The van der Waals surface area contributed by atoms with Gasteiger partial charge in [0.1, 0.15) is 17.3 Å². The number of hydrogen-bond acceptors (Lipinski definition) is 5. The molecule has 0 aliphatic heterocycles. The van der Waals surface area contributed by atoms with Gasteiger partial charge in [-0.15, -0.1) is 0 Å². The molecule has 0 aliphatic carbocycles. The van der Waals surface area contributed by atoms with E-state index in [0.717, 1.165) is 32.4 Å². The van der Waals surface area contributed by atoms with E-state index in [1.165, 1.54) is 22.6 Å². The highest BCUT2D eigenvalue weighted by Crippen LogP contribution is 2.21. The van der Waals surface area contributed by atoms with Gasteiger partial charge in [0.25, 0.3) is 0 Å². The topological polar surface area (TPSA) is 64.6 Å². The number of benzene rings is 1. The highest BCUT2D eigenvalue weighted by atomic mass is 127. The SMILES string of the molecule is COC(=O)/C=C(/Nc1cc(F)c(I)c(F)c1)C(=O)OC. The van der Waals surface area contributed by atoms with Gasteiger partial charge in [-0.05, 0) is 34.7 Å². The number of nitrogens with one attached hydrogen (secondary N) is 1. The molecule has 0 aliphatic rings. The first-order chi connectivity index (χ1) is 9.38. The molecule has 1 aromatic carbocycles. The zero-order chi connectivity index (χ0) is 15.3. The van der Waals surface area contributed by atoms with Gasteiger partial charge in [-0.25, -0.2) is 18.4 Å². The van der Waals surface area contributed by atoms with Crippen LogP contribution in [-0.4, -0.2) is 26.2 Å². The Morgan fingerprint density at radius 1 is 1.20 bits per heavy atom. The van der Waals surface area contributed by atoms with Crippen molar-refractivity contribution in [3.63, 3.8) is 0 Å². The first kappa shape index (κ1) is 16.3. The van der Waals surface area contributed by atoms with Crippen LogP contribution in [0.2, 0.25) is 0 Å². The molecule has 1 rings (SSSR count). The Morgan fingerprint density at radius 2 is 1.75 bits per heavy atom. The van der Waals surface area contributed by atoms with Gasteiger partial charge in [0.2, 0.25) is 0 Å². The van der Waals surface area contributed by atoms with E-state index in [0.29, 0.717) is 0 Å². The maximum Gasteiger partial charge on any atom is 0.354 e. The third-order valence-electron chi connectivity index (χ3n) is 2.13. The molecule has 0 heterocycles. The predicted octanol–water partition coefficient (Wildman–Crippen LogP) is 2.21. The molecular formula is C12H10F2INO4. The molecule has 1 N–H and O–H groups in total. The number of halogens is 3. The number of rotatable bonds is 4. The van der Waals surface area contributed by atoms with Gasteiger partial charge < -0.3 is 14.8 Å². The van der Waals surface area contributed by atoms with E-state index in [-0.39, 0.29) is 15.0 Å². The second-order valence-corrected chi connectivity index (χ2v) is 4.53. The Hall–Kier alpha value is -1.71. The van der Waals surface area contributed by atoms with Crippen LogP contribution in [0.4, 0.5) is 14.5 Å². The standard InChI is InChI=1S/C12H10F2INO4/c1-19-10(17)5-9(12(18)20-2)16-6-3-7(13)11(15)8(14)4-6/h3-5,16H,1-2H3/b9-5+. The Kier molecular flexibility index (Phi) is 5.86. The van der Waals surface area contributed by atoms with Crippen LogP contribution in [0.1, 0.15) is 0 Å². The third kappa shape index (κ3) is 4.15. The molecule has 0 amide bonds. The van der Waals surface area contributed by atoms with Gasteiger partial charge in [-0.1, -0.05) is 0 Å². The van der Waals surface area contributed by atoms with Crippen molar-refractivity contribution in [2.45, 2.75) is 0 Å². The summed E-state index contributed by atoms with van der Waals surface area (Å²) in [6, 6.07) is 1.97. The molecule has 0 radical (unpaired) electrons. The number of ether oxygens (including phenoxy) is 2. The van der Waals surface area contributed by atoms with E-state index in [1.807, 2.05) is 0 Å². The van der Waals surface area contributed by atoms with Crippen molar-refractivity contribution >= 4 is 40.2 Å². The van der Waals surface area contributed by atoms with Gasteiger partial charge >= 0.3 is 11.9 Å². The normalized spacial score (nSPS) is 10.9. The minimum atomic E-state index is -0.880. The van der Waals surface area contributed by atoms with Crippen LogP contribution in [0.5, 0.6) is 0 Å². The van der Waals surface area contributed by atoms with Gasteiger partial charge in [0, 0.05) is 5.69 Å².